The lowest BCUT2D eigenvalue weighted by Gasteiger charge is -2.19. The van der Waals surface area contributed by atoms with Gasteiger partial charge in [-0.2, -0.15) is 0 Å². The SMILES string of the molecule is COC(=O)CCCCCNS(=O)(=O)/C=C/c1ccc(NC(=O)OC(C)(C)C)cc1. The predicted molar refractivity (Wildman–Crippen MR) is 113 cm³/mol. The van der Waals surface area contributed by atoms with E-state index in [0.29, 0.717) is 37.1 Å². The van der Waals surface area contributed by atoms with Gasteiger partial charge in [0, 0.05) is 24.1 Å². The van der Waals surface area contributed by atoms with Gasteiger partial charge in [0.2, 0.25) is 10.0 Å². The minimum Gasteiger partial charge on any atom is -0.469 e. The first kappa shape index (κ1) is 24.6. The van der Waals surface area contributed by atoms with Crippen LogP contribution in [0.5, 0.6) is 0 Å². The smallest absolute Gasteiger partial charge is 0.412 e. The first-order valence-corrected chi connectivity index (χ1v) is 10.9. The molecule has 0 aliphatic rings. The van der Waals surface area contributed by atoms with Crippen molar-refractivity contribution in [2.24, 2.45) is 0 Å². The number of hydrogen-bond donors (Lipinski definition) is 2. The normalized spacial score (nSPS) is 12.0. The third-order valence-corrected chi connectivity index (χ3v) is 4.69. The largest absolute Gasteiger partial charge is 0.469 e. The van der Waals surface area contributed by atoms with Crippen LogP contribution in [0.2, 0.25) is 0 Å². The first-order valence-electron chi connectivity index (χ1n) is 9.35. The van der Waals surface area contributed by atoms with Crippen LogP contribution in [0, 0.1) is 0 Å². The van der Waals surface area contributed by atoms with Crippen molar-refractivity contribution >= 4 is 33.8 Å². The molecule has 9 heteroatoms. The van der Waals surface area contributed by atoms with Crippen molar-refractivity contribution in [3.8, 4) is 0 Å². The summed E-state index contributed by atoms with van der Waals surface area (Å²) in [6.45, 7) is 5.62. The van der Waals surface area contributed by atoms with Crippen molar-refractivity contribution in [1.82, 2.24) is 4.72 Å². The number of benzene rings is 1. The number of anilines is 1. The number of hydrogen-bond acceptors (Lipinski definition) is 6. The molecule has 1 aromatic carbocycles. The number of carbonyl (C=O) groups excluding carboxylic acids is 2. The average Bonchev–Trinajstić information content (AvgIpc) is 2.62. The lowest BCUT2D eigenvalue weighted by Crippen LogP contribution is -2.27. The van der Waals surface area contributed by atoms with Gasteiger partial charge in [-0.15, -0.1) is 0 Å². The van der Waals surface area contributed by atoms with E-state index in [9.17, 15) is 18.0 Å². The summed E-state index contributed by atoms with van der Waals surface area (Å²) in [7, 11) is -2.21. The zero-order valence-electron chi connectivity index (χ0n) is 17.4. The third kappa shape index (κ3) is 11.9. The Labute approximate surface area is 172 Å². The van der Waals surface area contributed by atoms with Gasteiger partial charge >= 0.3 is 12.1 Å². The van der Waals surface area contributed by atoms with E-state index in [1.54, 1.807) is 45.0 Å². The van der Waals surface area contributed by atoms with Crippen LogP contribution < -0.4 is 10.0 Å². The van der Waals surface area contributed by atoms with Crippen molar-refractivity contribution in [3.05, 3.63) is 35.2 Å². The molecule has 29 heavy (non-hydrogen) atoms. The highest BCUT2D eigenvalue weighted by Gasteiger charge is 2.16. The third-order valence-electron chi connectivity index (χ3n) is 3.58. The molecule has 0 spiro atoms. The minimum atomic E-state index is -3.55. The van der Waals surface area contributed by atoms with Crippen molar-refractivity contribution < 1.29 is 27.5 Å². The molecular formula is C20H30N2O6S. The highest BCUT2D eigenvalue weighted by molar-refractivity contribution is 7.92. The fourth-order valence-electron chi connectivity index (χ4n) is 2.20. The second-order valence-electron chi connectivity index (χ2n) is 7.38. The molecule has 0 aliphatic heterocycles. The number of methoxy groups -OCH3 is 1. The molecular weight excluding hydrogens is 396 g/mol. The van der Waals surface area contributed by atoms with Crippen LogP contribution in [-0.2, 0) is 24.3 Å². The van der Waals surface area contributed by atoms with Crippen molar-refractivity contribution in [3.63, 3.8) is 0 Å². The molecule has 0 saturated carbocycles. The maximum Gasteiger partial charge on any atom is 0.412 e. The van der Waals surface area contributed by atoms with Crippen LogP contribution >= 0.6 is 0 Å². The number of unbranched alkanes of at least 4 members (excludes halogenated alkanes) is 2. The Morgan fingerprint density at radius 3 is 2.31 bits per heavy atom. The van der Waals surface area contributed by atoms with Gasteiger partial charge in [-0.25, -0.2) is 17.9 Å². The van der Waals surface area contributed by atoms with Crippen LogP contribution in [-0.4, -0.2) is 39.7 Å². The quantitative estimate of drug-likeness (QED) is 0.436. The number of carbonyl (C=O) groups is 2. The van der Waals surface area contributed by atoms with Crippen LogP contribution in [0.25, 0.3) is 6.08 Å². The van der Waals surface area contributed by atoms with E-state index in [0.717, 1.165) is 11.8 Å². The van der Waals surface area contributed by atoms with E-state index in [1.807, 2.05) is 0 Å². The monoisotopic (exact) mass is 426 g/mol. The molecule has 0 aliphatic carbocycles. The van der Waals surface area contributed by atoms with Crippen molar-refractivity contribution in [2.45, 2.75) is 52.1 Å². The van der Waals surface area contributed by atoms with Crippen LogP contribution in [0.3, 0.4) is 0 Å². The van der Waals surface area contributed by atoms with Crippen LogP contribution in [0.4, 0.5) is 10.5 Å². The lowest BCUT2D eigenvalue weighted by molar-refractivity contribution is -0.140. The molecule has 0 heterocycles. The van der Waals surface area contributed by atoms with Crippen molar-refractivity contribution in [1.29, 1.82) is 0 Å². The first-order chi connectivity index (χ1) is 13.5. The number of ether oxygens (including phenoxy) is 2. The average molecular weight is 427 g/mol. The van der Waals surface area contributed by atoms with E-state index in [4.69, 9.17) is 4.74 Å². The second-order valence-corrected chi connectivity index (χ2v) is 9.03. The molecule has 1 amide bonds. The Bertz CT molecular complexity index is 795. The second kappa shape index (κ2) is 11.6. The number of esters is 1. The summed E-state index contributed by atoms with van der Waals surface area (Å²) < 4.78 is 36.2. The van der Waals surface area contributed by atoms with Crippen LogP contribution in [0.1, 0.15) is 52.0 Å². The zero-order valence-corrected chi connectivity index (χ0v) is 18.2. The maximum atomic E-state index is 12.0. The molecule has 0 unspecified atom stereocenters. The standard InChI is InChI=1S/C20H30N2O6S/c1-20(2,3)28-19(24)22-17-11-9-16(10-12-17)13-15-29(25,26)21-14-7-5-6-8-18(23)27-4/h9-13,15,21H,5-8,14H2,1-4H3,(H,22,24)/b15-13+. The molecule has 0 radical (unpaired) electrons. The number of rotatable bonds is 10. The summed E-state index contributed by atoms with van der Waals surface area (Å²) in [5.41, 5.74) is 0.627. The minimum absolute atomic E-state index is 0.263. The van der Waals surface area contributed by atoms with Gasteiger partial charge in [-0.05, 0) is 57.4 Å². The predicted octanol–water partition coefficient (Wildman–Crippen LogP) is 3.66. The topological polar surface area (TPSA) is 111 Å². The summed E-state index contributed by atoms with van der Waals surface area (Å²) >= 11 is 0. The van der Waals surface area contributed by atoms with E-state index >= 15 is 0 Å². The van der Waals surface area contributed by atoms with Gasteiger partial charge < -0.3 is 9.47 Å². The fraction of sp³-hybridized carbons (Fsp3) is 0.500. The number of sulfonamides is 1. The Balaban J connectivity index is 2.43. The molecule has 162 valence electrons. The highest BCUT2D eigenvalue weighted by Crippen LogP contribution is 2.14. The summed E-state index contributed by atoms with van der Waals surface area (Å²) in [6.07, 6.45) is 3.27. The molecule has 0 fully saturated rings. The summed E-state index contributed by atoms with van der Waals surface area (Å²) in [5.74, 6) is -0.263. The van der Waals surface area contributed by atoms with Gasteiger partial charge in [0.15, 0.2) is 0 Å². The van der Waals surface area contributed by atoms with Gasteiger partial charge in [0.05, 0.1) is 7.11 Å². The van der Waals surface area contributed by atoms with E-state index in [1.165, 1.54) is 13.2 Å². The van der Waals surface area contributed by atoms with E-state index < -0.39 is 21.7 Å². The van der Waals surface area contributed by atoms with E-state index in [-0.39, 0.29) is 5.97 Å². The molecule has 2 N–H and O–H groups in total. The van der Waals surface area contributed by atoms with Gasteiger partial charge in [0.25, 0.3) is 0 Å². The summed E-state index contributed by atoms with van der Waals surface area (Å²) in [6, 6.07) is 6.69. The van der Waals surface area contributed by atoms with Gasteiger partial charge in [0.1, 0.15) is 5.60 Å². The Morgan fingerprint density at radius 1 is 1.07 bits per heavy atom. The molecule has 8 nitrogen and oxygen atoms in total. The van der Waals surface area contributed by atoms with Crippen molar-refractivity contribution in [2.75, 3.05) is 19.0 Å². The molecule has 1 aromatic rings. The number of nitrogens with one attached hydrogen (secondary N) is 2. The van der Waals surface area contributed by atoms with Gasteiger partial charge in [-0.1, -0.05) is 18.6 Å². The van der Waals surface area contributed by atoms with Gasteiger partial charge in [-0.3, -0.25) is 10.1 Å². The summed E-state index contributed by atoms with van der Waals surface area (Å²) in [5, 5.41) is 3.70. The molecule has 1 rings (SSSR count). The highest BCUT2D eigenvalue weighted by atomic mass is 32.2. The Hall–Kier alpha value is -2.39. The Morgan fingerprint density at radius 2 is 1.72 bits per heavy atom. The summed E-state index contributed by atoms with van der Waals surface area (Å²) in [4.78, 5) is 22.7. The Kier molecular flexibility index (Phi) is 9.84. The van der Waals surface area contributed by atoms with E-state index in [2.05, 4.69) is 14.8 Å². The number of amides is 1. The fourth-order valence-corrected chi connectivity index (χ4v) is 3.06. The molecule has 0 saturated heterocycles. The lowest BCUT2D eigenvalue weighted by atomic mass is 10.2. The molecule has 0 atom stereocenters. The maximum absolute atomic E-state index is 12.0. The zero-order chi connectivity index (χ0) is 21.9. The molecule has 0 bridgehead atoms. The molecule has 0 aromatic heterocycles. The van der Waals surface area contributed by atoms with Crippen LogP contribution in [0.15, 0.2) is 29.7 Å².